The van der Waals surface area contributed by atoms with Crippen molar-refractivity contribution in [1.82, 2.24) is 24.1 Å². The predicted molar refractivity (Wildman–Crippen MR) is 121 cm³/mol. The maximum absolute atomic E-state index is 12.5. The van der Waals surface area contributed by atoms with Crippen LogP contribution in [0.4, 0.5) is 0 Å². The van der Waals surface area contributed by atoms with Gasteiger partial charge in [-0.05, 0) is 23.8 Å². The van der Waals surface area contributed by atoms with Gasteiger partial charge < -0.3 is 9.30 Å². The summed E-state index contributed by atoms with van der Waals surface area (Å²) < 4.78 is 9.40. The van der Waals surface area contributed by atoms with Crippen LogP contribution in [0.2, 0.25) is 0 Å². The zero-order chi connectivity index (χ0) is 22.8. The Bertz CT molecular complexity index is 1480. The van der Waals surface area contributed by atoms with Crippen LogP contribution in [0.1, 0.15) is 12.5 Å². The topological polar surface area (TPSA) is 113 Å². The van der Waals surface area contributed by atoms with Crippen LogP contribution in [-0.4, -0.2) is 37.4 Å². The van der Waals surface area contributed by atoms with Gasteiger partial charge in [-0.3, -0.25) is 18.7 Å². The molecule has 4 rings (SSSR count). The fraction of sp³-hybridized carbons (Fsp3) is 0.227. The second-order valence-corrected chi connectivity index (χ2v) is 7.18. The SMILES string of the molecule is CCOc1ccc2ccccc2c1/C=N\NC(=O)Cn1cnc2c(=O)n(C)c(=O)n(C)c21. The van der Waals surface area contributed by atoms with Gasteiger partial charge in [-0.1, -0.05) is 30.3 Å². The van der Waals surface area contributed by atoms with Crippen LogP contribution in [0.5, 0.6) is 5.75 Å². The molecule has 1 amide bonds. The Kier molecular flexibility index (Phi) is 5.59. The van der Waals surface area contributed by atoms with E-state index in [1.165, 1.54) is 29.6 Å². The molecular formula is C22H22N6O4. The zero-order valence-electron chi connectivity index (χ0n) is 17.9. The van der Waals surface area contributed by atoms with Crippen LogP contribution in [-0.2, 0) is 25.4 Å². The summed E-state index contributed by atoms with van der Waals surface area (Å²) in [5.41, 5.74) is 2.61. The summed E-state index contributed by atoms with van der Waals surface area (Å²) in [6.45, 7) is 2.23. The number of hydrogen-bond donors (Lipinski definition) is 1. The first kappa shape index (κ1) is 21.0. The number of benzene rings is 2. The van der Waals surface area contributed by atoms with Crippen molar-refractivity contribution in [3.63, 3.8) is 0 Å². The highest BCUT2D eigenvalue weighted by Crippen LogP contribution is 2.26. The van der Waals surface area contributed by atoms with E-state index >= 15 is 0 Å². The third-order valence-corrected chi connectivity index (χ3v) is 5.14. The Balaban J connectivity index is 1.59. The molecule has 10 heteroatoms. The van der Waals surface area contributed by atoms with E-state index in [0.29, 0.717) is 12.4 Å². The van der Waals surface area contributed by atoms with Crippen molar-refractivity contribution in [1.29, 1.82) is 0 Å². The molecular weight excluding hydrogens is 412 g/mol. The number of ether oxygens (including phenoxy) is 1. The molecule has 0 saturated heterocycles. The van der Waals surface area contributed by atoms with Gasteiger partial charge in [-0.25, -0.2) is 15.2 Å². The number of nitrogens with zero attached hydrogens (tertiary/aromatic N) is 5. The minimum absolute atomic E-state index is 0.114. The molecule has 0 radical (unpaired) electrons. The van der Waals surface area contributed by atoms with Gasteiger partial charge in [0.25, 0.3) is 11.5 Å². The predicted octanol–water partition coefficient (Wildman–Crippen LogP) is 1.14. The highest BCUT2D eigenvalue weighted by Gasteiger charge is 2.15. The van der Waals surface area contributed by atoms with Gasteiger partial charge in [0, 0.05) is 19.7 Å². The van der Waals surface area contributed by atoms with Crippen molar-refractivity contribution in [3.05, 3.63) is 69.1 Å². The largest absolute Gasteiger partial charge is 0.493 e. The van der Waals surface area contributed by atoms with E-state index < -0.39 is 17.2 Å². The number of aryl methyl sites for hydroxylation is 1. The van der Waals surface area contributed by atoms with Gasteiger partial charge in [-0.2, -0.15) is 5.10 Å². The Labute approximate surface area is 182 Å². The second-order valence-electron chi connectivity index (χ2n) is 7.18. The lowest BCUT2D eigenvalue weighted by Gasteiger charge is -2.10. The standard InChI is InChI=1S/C22H22N6O4/c1-4-32-17-10-9-14-7-5-6-8-15(14)16(17)11-24-25-18(29)12-28-13-23-19-20(28)26(2)22(31)27(3)21(19)30/h5-11,13H,4,12H2,1-3H3,(H,25,29)/b24-11-. The number of rotatable bonds is 6. The number of carbonyl (C=O) groups is 1. The summed E-state index contributed by atoms with van der Waals surface area (Å²) >= 11 is 0. The smallest absolute Gasteiger partial charge is 0.332 e. The Morgan fingerprint density at radius 2 is 1.94 bits per heavy atom. The van der Waals surface area contributed by atoms with Crippen LogP contribution in [0.3, 0.4) is 0 Å². The molecule has 0 aliphatic carbocycles. The van der Waals surface area contributed by atoms with Crippen LogP contribution in [0, 0.1) is 0 Å². The molecule has 164 valence electrons. The fourth-order valence-corrected chi connectivity index (χ4v) is 3.60. The quantitative estimate of drug-likeness (QED) is 0.361. The number of carbonyl (C=O) groups excluding carboxylic acids is 1. The number of imidazole rings is 1. The third-order valence-electron chi connectivity index (χ3n) is 5.14. The lowest BCUT2D eigenvalue weighted by Crippen LogP contribution is -2.37. The molecule has 0 fully saturated rings. The van der Waals surface area contributed by atoms with Gasteiger partial charge in [0.15, 0.2) is 5.52 Å². The average molecular weight is 434 g/mol. The summed E-state index contributed by atoms with van der Waals surface area (Å²) in [5.74, 6) is 0.225. The first-order valence-electron chi connectivity index (χ1n) is 9.99. The number of hydrogen-bond acceptors (Lipinski definition) is 6. The van der Waals surface area contributed by atoms with Gasteiger partial charge in [0.1, 0.15) is 17.9 Å². The first-order chi connectivity index (χ1) is 15.4. The maximum Gasteiger partial charge on any atom is 0.332 e. The summed E-state index contributed by atoms with van der Waals surface area (Å²) in [5, 5.41) is 6.07. The Morgan fingerprint density at radius 1 is 1.16 bits per heavy atom. The Hall–Kier alpha value is -4.21. The molecule has 0 saturated carbocycles. The summed E-state index contributed by atoms with van der Waals surface area (Å²) in [6.07, 6.45) is 2.90. The normalized spacial score (nSPS) is 11.5. The lowest BCUT2D eigenvalue weighted by atomic mass is 10.0. The van der Waals surface area contributed by atoms with Crippen molar-refractivity contribution in [2.45, 2.75) is 13.5 Å². The van der Waals surface area contributed by atoms with E-state index in [2.05, 4.69) is 15.5 Å². The molecule has 0 atom stereocenters. The minimum Gasteiger partial charge on any atom is -0.493 e. The van der Waals surface area contributed by atoms with Gasteiger partial charge in [0.05, 0.1) is 19.1 Å². The summed E-state index contributed by atoms with van der Waals surface area (Å²) in [4.78, 5) is 41.0. The molecule has 2 heterocycles. The second kappa shape index (κ2) is 8.50. The van der Waals surface area contributed by atoms with Crippen LogP contribution < -0.4 is 21.4 Å². The molecule has 0 spiro atoms. The highest BCUT2D eigenvalue weighted by atomic mass is 16.5. The molecule has 2 aromatic heterocycles. The highest BCUT2D eigenvalue weighted by molar-refractivity contribution is 6.02. The van der Waals surface area contributed by atoms with Gasteiger partial charge in [-0.15, -0.1) is 0 Å². The van der Waals surface area contributed by atoms with Crippen molar-refractivity contribution < 1.29 is 9.53 Å². The minimum atomic E-state index is -0.514. The average Bonchev–Trinajstić information content (AvgIpc) is 3.21. The van der Waals surface area contributed by atoms with E-state index in [1.807, 2.05) is 43.3 Å². The van der Waals surface area contributed by atoms with Gasteiger partial charge >= 0.3 is 5.69 Å². The van der Waals surface area contributed by atoms with Gasteiger partial charge in [0.2, 0.25) is 0 Å². The lowest BCUT2D eigenvalue weighted by molar-refractivity contribution is -0.121. The Morgan fingerprint density at radius 3 is 2.72 bits per heavy atom. The molecule has 4 aromatic rings. The molecule has 0 unspecified atom stereocenters. The summed E-state index contributed by atoms with van der Waals surface area (Å²) in [6, 6.07) is 11.6. The van der Waals surface area contributed by atoms with Crippen LogP contribution in [0.15, 0.2) is 57.4 Å². The fourth-order valence-electron chi connectivity index (χ4n) is 3.60. The molecule has 10 nitrogen and oxygen atoms in total. The molecule has 0 aliphatic rings. The number of fused-ring (bicyclic) bond motifs is 2. The van der Waals surface area contributed by atoms with Crippen molar-refractivity contribution >= 4 is 34.1 Å². The van der Waals surface area contributed by atoms with E-state index in [-0.39, 0.29) is 17.7 Å². The van der Waals surface area contributed by atoms with Crippen molar-refractivity contribution in [3.8, 4) is 5.75 Å². The van der Waals surface area contributed by atoms with Crippen molar-refractivity contribution in [2.24, 2.45) is 19.2 Å². The molecule has 2 aromatic carbocycles. The van der Waals surface area contributed by atoms with E-state index in [4.69, 9.17) is 4.74 Å². The van der Waals surface area contributed by atoms with Crippen LogP contribution in [0.25, 0.3) is 21.9 Å². The summed E-state index contributed by atoms with van der Waals surface area (Å²) in [7, 11) is 2.91. The number of nitrogens with one attached hydrogen (secondary N) is 1. The molecule has 0 bridgehead atoms. The van der Waals surface area contributed by atoms with E-state index in [1.54, 1.807) is 6.21 Å². The molecule has 32 heavy (non-hydrogen) atoms. The zero-order valence-corrected chi connectivity index (χ0v) is 17.9. The number of hydrazone groups is 1. The van der Waals surface area contributed by atoms with Crippen LogP contribution >= 0.6 is 0 Å². The number of aromatic nitrogens is 4. The monoisotopic (exact) mass is 434 g/mol. The van der Waals surface area contributed by atoms with E-state index in [0.717, 1.165) is 20.9 Å². The number of amides is 1. The molecule has 1 N–H and O–H groups in total. The third kappa shape index (κ3) is 3.66. The van der Waals surface area contributed by atoms with E-state index in [9.17, 15) is 14.4 Å². The molecule has 0 aliphatic heterocycles. The van der Waals surface area contributed by atoms with Crippen molar-refractivity contribution in [2.75, 3.05) is 6.61 Å². The first-order valence-corrected chi connectivity index (χ1v) is 9.99. The maximum atomic E-state index is 12.5.